The number of rotatable bonds is 3. The van der Waals surface area contributed by atoms with Gasteiger partial charge in [0.2, 0.25) is 0 Å². The van der Waals surface area contributed by atoms with E-state index in [1.807, 2.05) is 37.3 Å². The Balaban J connectivity index is 2.52. The van der Waals surface area contributed by atoms with Crippen molar-refractivity contribution in [1.82, 2.24) is 4.98 Å². The molecule has 0 aliphatic heterocycles. The van der Waals surface area contributed by atoms with Crippen LogP contribution in [0.15, 0.2) is 41.3 Å². The second-order valence-corrected chi connectivity index (χ2v) is 3.83. The van der Waals surface area contributed by atoms with Crippen LogP contribution in [-0.4, -0.2) is 11.6 Å². The molecule has 0 atom stereocenters. The number of ether oxygens (including phenoxy) is 1. The molecule has 0 aliphatic rings. The summed E-state index contributed by atoms with van der Waals surface area (Å²) in [5.41, 5.74) is 2.61. The first-order chi connectivity index (χ1) is 8.22. The average molecular weight is 229 g/mol. The van der Waals surface area contributed by atoms with Crippen molar-refractivity contribution in [2.24, 2.45) is 0 Å². The molecule has 0 bridgehead atoms. The van der Waals surface area contributed by atoms with Crippen molar-refractivity contribution < 1.29 is 4.74 Å². The molecule has 17 heavy (non-hydrogen) atoms. The Morgan fingerprint density at radius 3 is 2.76 bits per heavy atom. The van der Waals surface area contributed by atoms with Gasteiger partial charge < -0.3 is 9.72 Å². The zero-order valence-corrected chi connectivity index (χ0v) is 9.99. The molecule has 2 rings (SSSR count). The molecule has 0 fully saturated rings. The van der Waals surface area contributed by atoms with Crippen LogP contribution in [0.1, 0.15) is 12.5 Å². The van der Waals surface area contributed by atoms with Crippen LogP contribution < -0.4 is 10.3 Å². The molecule has 3 heteroatoms. The number of aromatic amines is 1. The molecular formula is C14H15NO2. The number of hydrogen-bond acceptors (Lipinski definition) is 2. The molecule has 88 valence electrons. The first-order valence-corrected chi connectivity index (χ1v) is 5.64. The van der Waals surface area contributed by atoms with Crippen molar-refractivity contribution in [3.63, 3.8) is 0 Å². The highest BCUT2D eigenvalue weighted by atomic mass is 16.5. The molecule has 0 radical (unpaired) electrons. The van der Waals surface area contributed by atoms with Gasteiger partial charge in [0.05, 0.1) is 6.61 Å². The summed E-state index contributed by atoms with van der Waals surface area (Å²) in [5, 5.41) is 0. The number of para-hydroxylation sites is 1. The molecular weight excluding hydrogens is 214 g/mol. The van der Waals surface area contributed by atoms with E-state index in [0.29, 0.717) is 12.2 Å². The van der Waals surface area contributed by atoms with E-state index in [2.05, 4.69) is 4.98 Å². The normalized spacial score (nSPS) is 10.2. The zero-order chi connectivity index (χ0) is 12.3. The molecule has 1 N–H and O–H groups in total. The Hall–Kier alpha value is -2.03. The quantitative estimate of drug-likeness (QED) is 0.879. The fraction of sp³-hybridized carbons (Fsp3) is 0.214. The lowest BCUT2D eigenvalue weighted by molar-refractivity contribution is 0.341. The fourth-order valence-corrected chi connectivity index (χ4v) is 1.74. The number of aryl methyl sites for hydroxylation is 1. The van der Waals surface area contributed by atoms with E-state index in [9.17, 15) is 4.79 Å². The highest BCUT2D eigenvalue weighted by Gasteiger charge is 2.06. The minimum absolute atomic E-state index is 0.0531. The van der Waals surface area contributed by atoms with Gasteiger partial charge in [0.15, 0.2) is 0 Å². The maximum absolute atomic E-state index is 11.3. The molecule has 0 unspecified atom stereocenters. The van der Waals surface area contributed by atoms with Gasteiger partial charge in [-0.05, 0) is 26.0 Å². The molecule has 0 aliphatic carbocycles. The topological polar surface area (TPSA) is 42.1 Å². The Labute approximate surface area is 100 Å². The molecule has 3 nitrogen and oxygen atoms in total. The van der Waals surface area contributed by atoms with Gasteiger partial charge in [0.1, 0.15) is 5.75 Å². The lowest BCUT2D eigenvalue weighted by Crippen LogP contribution is -2.08. The average Bonchev–Trinajstić information content (AvgIpc) is 2.34. The van der Waals surface area contributed by atoms with Gasteiger partial charge in [-0.25, -0.2) is 0 Å². The van der Waals surface area contributed by atoms with Crippen LogP contribution in [-0.2, 0) is 0 Å². The minimum atomic E-state index is -0.0531. The Morgan fingerprint density at radius 2 is 2.06 bits per heavy atom. The predicted octanol–water partition coefficient (Wildman–Crippen LogP) is 2.75. The highest BCUT2D eigenvalue weighted by molar-refractivity contribution is 5.70. The summed E-state index contributed by atoms with van der Waals surface area (Å²) in [6.45, 7) is 4.37. The summed E-state index contributed by atoms with van der Waals surface area (Å²) in [6, 6.07) is 9.68. The Kier molecular flexibility index (Phi) is 3.28. The second kappa shape index (κ2) is 4.87. The Bertz CT molecular complexity index is 572. The van der Waals surface area contributed by atoms with Crippen LogP contribution in [0.25, 0.3) is 11.1 Å². The first-order valence-electron chi connectivity index (χ1n) is 5.64. The molecule has 0 saturated heterocycles. The SMILES string of the molecule is CCOc1ccccc1-c1c[nH]c(=O)c(C)c1. The van der Waals surface area contributed by atoms with Gasteiger partial charge in [0.25, 0.3) is 5.56 Å². The summed E-state index contributed by atoms with van der Waals surface area (Å²) in [6.07, 6.45) is 1.72. The highest BCUT2D eigenvalue weighted by Crippen LogP contribution is 2.29. The molecule has 0 saturated carbocycles. The first kappa shape index (κ1) is 11.5. The van der Waals surface area contributed by atoms with Gasteiger partial charge in [-0.1, -0.05) is 18.2 Å². The number of aromatic nitrogens is 1. The van der Waals surface area contributed by atoms with E-state index in [4.69, 9.17) is 4.74 Å². The number of pyridine rings is 1. The predicted molar refractivity (Wildman–Crippen MR) is 68.4 cm³/mol. The van der Waals surface area contributed by atoms with Crippen molar-refractivity contribution in [2.45, 2.75) is 13.8 Å². The van der Waals surface area contributed by atoms with E-state index < -0.39 is 0 Å². The third-order valence-electron chi connectivity index (χ3n) is 2.59. The third kappa shape index (κ3) is 2.38. The number of hydrogen-bond donors (Lipinski definition) is 1. The third-order valence-corrected chi connectivity index (χ3v) is 2.59. The largest absolute Gasteiger partial charge is 0.493 e. The van der Waals surface area contributed by atoms with Gasteiger partial charge in [0, 0.05) is 22.9 Å². The van der Waals surface area contributed by atoms with E-state index in [1.165, 1.54) is 0 Å². The van der Waals surface area contributed by atoms with Gasteiger partial charge >= 0.3 is 0 Å². The van der Waals surface area contributed by atoms with E-state index in [0.717, 1.165) is 16.9 Å². The van der Waals surface area contributed by atoms with Crippen molar-refractivity contribution in [3.8, 4) is 16.9 Å². The van der Waals surface area contributed by atoms with Crippen LogP contribution in [0.2, 0.25) is 0 Å². The number of benzene rings is 1. The molecule has 1 aromatic carbocycles. The minimum Gasteiger partial charge on any atom is -0.493 e. The smallest absolute Gasteiger partial charge is 0.250 e. The number of nitrogens with one attached hydrogen (secondary N) is 1. The van der Waals surface area contributed by atoms with Crippen LogP contribution >= 0.6 is 0 Å². The van der Waals surface area contributed by atoms with Crippen LogP contribution in [0.4, 0.5) is 0 Å². The summed E-state index contributed by atoms with van der Waals surface area (Å²) < 4.78 is 5.57. The fourth-order valence-electron chi connectivity index (χ4n) is 1.74. The summed E-state index contributed by atoms with van der Waals surface area (Å²) in [7, 11) is 0. The maximum atomic E-state index is 11.3. The van der Waals surface area contributed by atoms with Crippen molar-refractivity contribution >= 4 is 0 Å². The number of H-pyrrole nitrogens is 1. The summed E-state index contributed by atoms with van der Waals surface area (Å²) in [5.74, 6) is 0.835. The standard InChI is InChI=1S/C14H15NO2/c1-3-17-13-7-5-4-6-12(13)11-8-10(2)14(16)15-9-11/h4-9H,3H2,1-2H3,(H,15,16). The lowest BCUT2D eigenvalue weighted by atomic mass is 10.1. The maximum Gasteiger partial charge on any atom is 0.250 e. The zero-order valence-electron chi connectivity index (χ0n) is 9.99. The second-order valence-electron chi connectivity index (χ2n) is 3.83. The van der Waals surface area contributed by atoms with Crippen molar-refractivity contribution in [1.29, 1.82) is 0 Å². The molecule has 2 aromatic rings. The van der Waals surface area contributed by atoms with Crippen LogP contribution in [0.3, 0.4) is 0 Å². The van der Waals surface area contributed by atoms with E-state index in [1.54, 1.807) is 13.1 Å². The van der Waals surface area contributed by atoms with Crippen molar-refractivity contribution in [2.75, 3.05) is 6.61 Å². The van der Waals surface area contributed by atoms with Crippen LogP contribution in [0, 0.1) is 6.92 Å². The molecule has 0 amide bonds. The van der Waals surface area contributed by atoms with Gasteiger partial charge in [-0.3, -0.25) is 4.79 Å². The Morgan fingerprint density at radius 1 is 1.29 bits per heavy atom. The van der Waals surface area contributed by atoms with E-state index >= 15 is 0 Å². The lowest BCUT2D eigenvalue weighted by Gasteiger charge is -2.10. The summed E-state index contributed by atoms with van der Waals surface area (Å²) in [4.78, 5) is 14.1. The molecule has 1 heterocycles. The molecule has 1 aromatic heterocycles. The van der Waals surface area contributed by atoms with Gasteiger partial charge in [-0.15, -0.1) is 0 Å². The van der Waals surface area contributed by atoms with Crippen molar-refractivity contribution in [3.05, 3.63) is 52.4 Å². The summed E-state index contributed by atoms with van der Waals surface area (Å²) >= 11 is 0. The van der Waals surface area contributed by atoms with Gasteiger partial charge in [-0.2, -0.15) is 0 Å². The van der Waals surface area contributed by atoms with E-state index in [-0.39, 0.29) is 5.56 Å². The van der Waals surface area contributed by atoms with Crippen LogP contribution in [0.5, 0.6) is 5.75 Å². The molecule has 0 spiro atoms. The monoisotopic (exact) mass is 229 g/mol.